The average Bonchev–Trinajstić information content (AvgIpc) is 3.26. The van der Waals surface area contributed by atoms with Gasteiger partial charge in [-0.1, -0.05) is 42.4 Å². The third kappa shape index (κ3) is 4.44. The van der Waals surface area contributed by atoms with Gasteiger partial charge >= 0.3 is 0 Å². The van der Waals surface area contributed by atoms with Gasteiger partial charge in [-0.25, -0.2) is 0 Å². The largest absolute Gasteiger partial charge is 0.383 e. The maximum Gasteiger partial charge on any atom is 0.237 e. The maximum atomic E-state index is 5.98. The van der Waals surface area contributed by atoms with Crippen molar-refractivity contribution in [2.75, 3.05) is 13.7 Å². The van der Waals surface area contributed by atoms with Gasteiger partial charge in [0.25, 0.3) is 0 Å². The summed E-state index contributed by atoms with van der Waals surface area (Å²) < 4.78 is 12.5. The molecule has 0 unspecified atom stereocenters. The molecular weight excluding hydrogens is 374 g/mol. The average molecular weight is 394 g/mol. The van der Waals surface area contributed by atoms with Crippen LogP contribution in [-0.4, -0.2) is 38.6 Å². The fourth-order valence-electron chi connectivity index (χ4n) is 2.28. The van der Waals surface area contributed by atoms with Gasteiger partial charge < -0.3 is 9.26 Å². The molecule has 7 nitrogen and oxygen atoms in total. The van der Waals surface area contributed by atoms with Crippen molar-refractivity contribution in [1.29, 1.82) is 0 Å². The normalized spacial score (nSPS) is 11.4. The standard InChI is InChI=1S/C17H20ClN5O2S/c1-11(2)15-19-14(25-22-15)10-26-17-21-20-16(23(17)8-9-24-3)12-4-6-13(18)7-5-12/h4-7,11H,8-10H2,1-3H3. The van der Waals surface area contributed by atoms with Crippen LogP contribution in [0.3, 0.4) is 0 Å². The molecule has 0 saturated heterocycles. The van der Waals surface area contributed by atoms with Gasteiger partial charge in [-0.15, -0.1) is 10.2 Å². The minimum Gasteiger partial charge on any atom is -0.383 e. The molecule has 26 heavy (non-hydrogen) atoms. The van der Waals surface area contributed by atoms with E-state index in [9.17, 15) is 0 Å². The van der Waals surface area contributed by atoms with Gasteiger partial charge in [0, 0.05) is 23.6 Å². The molecule has 2 aromatic heterocycles. The topological polar surface area (TPSA) is 78.9 Å². The van der Waals surface area contributed by atoms with Gasteiger partial charge in [0.05, 0.1) is 18.9 Å². The Morgan fingerprint density at radius 2 is 2.00 bits per heavy atom. The lowest BCUT2D eigenvalue weighted by Gasteiger charge is -2.09. The first kappa shape index (κ1) is 18.9. The van der Waals surface area contributed by atoms with Crippen molar-refractivity contribution >= 4 is 23.4 Å². The summed E-state index contributed by atoms with van der Waals surface area (Å²) in [7, 11) is 1.67. The van der Waals surface area contributed by atoms with Crippen LogP contribution in [0.15, 0.2) is 33.9 Å². The monoisotopic (exact) mass is 393 g/mol. The number of benzene rings is 1. The Balaban J connectivity index is 1.80. The van der Waals surface area contributed by atoms with Crippen LogP contribution < -0.4 is 0 Å². The fraction of sp³-hybridized carbons (Fsp3) is 0.412. The molecule has 0 amide bonds. The highest BCUT2D eigenvalue weighted by Crippen LogP contribution is 2.27. The molecule has 0 aliphatic carbocycles. The van der Waals surface area contributed by atoms with Crippen LogP contribution in [0.4, 0.5) is 0 Å². The molecule has 9 heteroatoms. The molecule has 0 fully saturated rings. The Labute approximate surface area is 161 Å². The predicted octanol–water partition coefficient (Wildman–Crippen LogP) is 4.04. The van der Waals surface area contributed by atoms with Gasteiger partial charge in [-0.3, -0.25) is 4.57 Å². The molecule has 0 aliphatic rings. The number of methoxy groups -OCH3 is 1. The number of hydrogen-bond donors (Lipinski definition) is 0. The Morgan fingerprint density at radius 1 is 1.23 bits per heavy atom. The lowest BCUT2D eigenvalue weighted by molar-refractivity contribution is 0.185. The highest BCUT2D eigenvalue weighted by atomic mass is 35.5. The summed E-state index contributed by atoms with van der Waals surface area (Å²) in [6, 6.07) is 7.53. The van der Waals surface area contributed by atoms with E-state index in [0.29, 0.717) is 35.6 Å². The summed E-state index contributed by atoms with van der Waals surface area (Å²) >= 11 is 7.48. The van der Waals surface area contributed by atoms with E-state index in [-0.39, 0.29) is 5.92 Å². The van der Waals surface area contributed by atoms with Crippen LogP contribution in [0.1, 0.15) is 31.5 Å². The first-order valence-corrected chi connectivity index (χ1v) is 9.58. The van der Waals surface area contributed by atoms with Crippen LogP contribution in [0.5, 0.6) is 0 Å². The number of nitrogens with zero attached hydrogens (tertiary/aromatic N) is 5. The summed E-state index contributed by atoms with van der Waals surface area (Å²) in [5, 5.41) is 14.1. The molecule has 0 bridgehead atoms. The smallest absolute Gasteiger partial charge is 0.237 e. The van der Waals surface area contributed by atoms with Crippen LogP contribution in [-0.2, 0) is 17.0 Å². The molecule has 138 valence electrons. The Morgan fingerprint density at radius 3 is 2.65 bits per heavy atom. The molecule has 0 radical (unpaired) electrons. The van der Waals surface area contributed by atoms with E-state index in [4.69, 9.17) is 20.9 Å². The Kier molecular flexibility index (Phi) is 6.29. The van der Waals surface area contributed by atoms with E-state index >= 15 is 0 Å². The Bertz CT molecular complexity index is 847. The third-order valence-corrected chi connectivity index (χ3v) is 4.87. The van der Waals surface area contributed by atoms with Gasteiger partial charge in [0.15, 0.2) is 16.8 Å². The molecule has 0 saturated carbocycles. The van der Waals surface area contributed by atoms with E-state index in [1.165, 1.54) is 11.8 Å². The van der Waals surface area contributed by atoms with Crippen molar-refractivity contribution in [2.24, 2.45) is 0 Å². The molecule has 2 heterocycles. The maximum absolute atomic E-state index is 5.98. The van der Waals surface area contributed by atoms with E-state index in [1.807, 2.05) is 42.7 Å². The van der Waals surface area contributed by atoms with Gasteiger partial charge in [0.1, 0.15) is 0 Å². The van der Waals surface area contributed by atoms with Crippen molar-refractivity contribution in [2.45, 2.75) is 37.2 Å². The molecule has 1 aromatic carbocycles. The number of ether oxygens (including phenoxy) is 1. The molecule has 3 rings (SSSR count). The number of halogens is 1. The zero-order valence-electron chi connectivity index (χ0n) is 14.8. The van der Waals surface area contributed by atoms with E-state index in [0.717, 1.165) is 16.5 Å². The summed E-state index contributed by atoms with van der Waals surface area (Å²) in [4.78, 5) is 4.40. The lowest BCUT2D eigenvalue weighted by atomic mass is 10.2. The molecule has 3 aromatic rings. The summed E-state index contributed by atoms with van der Waals surface area (Å²) in [5.41, 5.74) is 0.949. The number of aromatic nitrogens is 5. The minimum atomic E-state index is 0.236. The Hall–Kier alpha value is -1.90. The van der Waals surface area contributed by atoms with Crippen molar-refractivity contribution in [3.8, 4) is 11.4 Å². The highest BCUT2D eigenvalue weighted by Gasteiger charge is 2.16. The highest BCUT2D eigenvalue weighted by molar-refractivity contribution is 7.98. The van der Waals surface area contributed by atoms with Crippen molar-refractivity contribution in [1.82, 2.24) is 24.9 Å². The second kappa shape index (κ2) is 8.66. The molecule has 0 N–H and O–H groups in total. The fourth-order valence-corrected chi connectivity index (χ4v) is 3.21. The number of thioether (sulfide) groups is 1. The second-order valence-electron chi connectivity index (χ2n) is 5.95. The molecular formula is C17H20ClN5O2S. The van der Waals surface area contributed by atoms with E-state index in [1.54, 1.807) is 7.11 Å². The zero-order valence-corrected chi connectivity index (χ0v) is 16.4. The molecule has 0 atom stereocenters. The van der Waals surface area contributed by atoms with Crippen LogP contribution in [0.2, 0.25) is 5.02 Å². The predicted molar refractivity (Wildman–Crippen MR) is 100 cm³/mol. The quantitative estimate of drug-likeness (QED) is 0.534. The van der Waals surface area contributed by atoms with E-state index in [2.05, 4.69) is 20.3 Å². The SMILES string of the molecule is COCCn1c(SCc2nc(C(C)C)no2)nnc1-c1ccc(Cl)cc1. The van der Waals surface area contributed by atoms with Crippen molar-refractivity contribution < 1.29 is 9.26 Å². The summed E-state index contributed by atoms with van der Waals surface area (Å²) in [6.07, 6.45) is 0. The molecule has 0 spiro atoms. The van der Waals surface area contributed by atoms with Crippen LogP contribution >= 0.6 is 23.4 Å². The summed E-state index contributed by atoms with van der Waals surface area (Å²) in [5.74, 6) is 2.83. The van der Waals surface area contributed by atoms with Crippen molar-refractivity contribution in [3.63, 3.8) is 0 Å². The number of hydrogen-bond acceptors (Lipinski definition) is 7. The van der Waals surface area contributed by atoms with Crippen LogP contribution in [0.25, 0.3) is 11.4 Å². The van der Waals surface area contributed by atoms with Gasteiger partial charge in [-0.05, 0) is 24.3 Å². The second-order valence-corrected chi connectivity index (χ2v) is 7.33. The first-order chi connectivity index (χ1) is 12.6. The zero-order chi connectivity index (χ0) is 18.5. The first-order valence-electron chi connectivity index (χ1n) is 8.22. The minimum absolute atomic E-state index is 0.236. The lowest BCUT2D eigenvalue weighted by Crippen LogP contribution is -2.07. The summed E-state index contributed by atoms with van der Waals surface area (Å²) in [6.45, 7) is 5.26. The van der Waals surface area contributed by atoms with E-state index < -0.39 is 0 Å². The molecule has 0 aliphatic heterocycles. The third-order valence-electron chi connectivity index (χ3n) is 3.66. The van der Waals surface area contributed by atoms with Crippen molar-refractivity contribution in [3.05, 3.63) is 41.0 Å². The number of rotatable bonds is 8. The van der Waals surface area contributed by atoms with Gasteiger partial charge in [0.2, 0.25) is 5.89 Å². The van der Waals surface area contributed by atoms with Crippen LogP contribution in [0, 0.1) is 0 Å². The van der Waals surface area contributed by atoms with Gasteiger partial charge in [-0.2, -0.15) is 4.98 Å².